The molecule has 4 amide bonds. The molecule has 1 atom stereocenters. The summed E-state index contributed by atoms with van der Waals surface area (Å²) in [6.07, 6.45) is 0.412. The average Bonchev–Trinajstić information content (AvgIpc) is 3.07. The van der Waals surface area contributed by atoms with E-state index in [-0.39, 0.29) is 31.0 Å². The second-order valence-electron chi connectivity index (χ2n) is 10.6. The van der Waals surface area contributed by atoms with Crippen LogP contribution in [0, 0.1) is 0 Å². The lowest BCUT2D eigenvalue weighted by molar-refractivity contribution is -0.138. The zero-order valence-corrected chi connectivity index (χ0v) is 22.9. The fourth-order valence-corrected chi connectivity index (χ4v) is 4.69. The molecule has 3 aromatic rings. The number of benzene rings is 3. The molecule has 40 heavy (non-hydrogen) atoms. The smallest absolute Gasteiger partial charge is 0.315 e. The molecule has 4 rings (SSSR count). The number of aliphatic hydroxyl groups excluding tert-OH is 1. The van der Waals surface area contributed by atoms with Gasteiger partial charge in [0, 0.05) is 32.6 Å². The van der Waals surface area contributed by atoms with Crippen LogP contribution in [-0.4, -0.2) is 52.6 Å². The Labute approximate surface area is 234 Å². The van der Waals surface area contributed by atoms with E-state index in [1.807, 2.05) is 72.8 Å². The predicted molar refractivity (Wildman–Crippen MR) is 154 cm³/mol. The molecule has 0 saturated carbocycles. The van der Waals surface area contributed by atoms with E-state index in [9.17, 15) is 14.4 Å². The molecule has 6 N–H and O–H groups in total. The summed E-state index contributed by atoms with van der Waals surface area (Å²) in [5.41, 5.74) is 10.9. The van der Waals surface area contributed by atoms with Crippen molar-refractivity contribution in [1.29, 1.82) is 0 Å². The van der Waals surface area contributed by atoms with Crippen LogP contribution in [0.5, 0.6) is 0 Å². The molecule has 9 heteroatoms. The van der Waals surface area contributed by atoms with Crippen LogP contribution in [0.3, 0.4) is 0 Å². The number of carbonyl (C=O) groups is 3. The predicted octanol–water partition coefficient (Wildman–Crippen LogP) is 2.45. The summed E-state index contributed by atoms with van der Waals surface area (Å²) in [7, 11) is 0. The monoisotopic (exact) mass is 543 g/mol. The highest BCUT2D eigenvalue weighted by Gasteiger charge is 2.33. The summed E-state index contributed by atoms with van der Waals surface area (Å²) in [6.45, 7) is 4.49. The van der Waals surface area contributed by atoms with Crippen molar-refractivity contribution in [3.05, 3.63) is 95.1 Å². The third-order valence-corrected chi connectivity index (χ3v) is 6.90. The highest BCUT2D eigenvalue weighted by molar-refractivity contribution is 5.92. The van der Waals surface area contributed by atoms with Crippen LogP contribution in [0.2, 0.25) is 0 Å². The van der Waals surface area contributed by atoms with Crippen molar-refractivity contribution in [3.8, 4) is 11.1 Å². The van der Waals surface area contributed by atoms with Gasteiger partial charge in [-0.05, 0) is 47.2 Å². The summed E-state index contributed by atoms with van der Waals surface area (Å²) in [5.74, 6) is -0.512. The molecule has 1 aliphatic rings. The molecule has 0 aromatic heterocycles. The number of fused-ring (bicyclic) bond motifs is 1. The lowest BCUT2D eigenvalue weighted by atomic mass is 9.98. The highest BCUT2D eigenvalue weighted by atomic mass is 16.3. The summed E-state index contributed by atoms with van der Waals surface area (Å²) >= 11 is 0. The molecule has 0 fully saturated rings. The van der Waals surface area contributed by atoms with Gasteiger partial charge < -0.3 is 31.7 Å². The fraction of sp³-hybridized carbons (Fsp3) is 0.323. The van der Waals surface area contributed by atoms with Gasteiger partial charge in [0.1, 0.15) is 6.04 Å². The lowest BCUT2D eigenvalue weighted by Crippen LogP contribution is -2.56. The van der Waals surface area contributed by atoms with E-state index in [2.05, 4.69) is 16.0 Å². The number of nitrogens with two attached hydrogens (primary N) is 1. The quantitative estimate of drug-likeness (QED) is 0.282. The minimum Gasteiger partial charge on any atom is -0.395 e. The molecule has 1 aliphatic heterocycles. The average molecular weight is 544 g/mol. The standard InChI is InChI=1S/C31H37N5O4/c1-31(2,32)29(39)35-27-17-23-7-3-4-9-25(23)20-36(28(27)38)19-21-11-13-22(14-12-21)26-10-6-5-8-24(26)18-34-30(40)33-15-16-37/h3-14,27,37H,15-20,32H2,1-2H3,(H,35,39)(H2,33,34,40)/t27-/m1/s1. The number of urea groups is 1. The third kappa shape index (κ3) is 7.25. The number of aliphatic hydroxyl groups is 1. The van der Waals surface area contributed by atoms with Crippen LogP contribution < -0.4 is 21.7 Å². The summed E-state index contributed by atoms with van der Waals surface area (Å²) in [4.78, 5) is 40.0. The van der Waals surface area contributed by atoms with Gasteiger partial charge in [0.05, 0.1) is 12.1 Å². The van der Waals surface area contributed by atoms with E-state index >= 15 is 0 Å². The number of carbonyl (C=O) groups excluding carboxylic acids is 3. The molecule has 0 spiro atoms. The Hall–Kier alpha value is -4.21. The first-order chi connectivity index (χ1) is 19.2. The van der Waals surface area contributed by atoms with Crippen LogP contribution in [0.15, 0.2) is 72.8 Å². The first kappa shape index (κ1) is 28.8. The van der Waals surface area contributed by atoms with Gasteiger partial charge in [-0.15, -0.1) is 0 Å². The molecule has 9 nitrogen and oxygen atoms in total. The second-order valence-corrected chi connectivity index (χ2v) is 10.6. The first-order valence-corrected chi connectivity index (χ1v) is 13.4. The topological polar surface area (TPSA) is 137 Å². The van der Waals surface area contributed by atoms with Gasteiger partial charge in [-0.1, -0.05) is 72.8 Å². The molecule has 0 radical (unpaired) electrons. The Morgan fingerprint density at radius 1 is 0.975 bits per heavy atom. The number of rotatable bonds is 9. The normalized spacial score (nSPS) is 15.2. The Balaban J connectivity index is 1.51. The Kier molecular flexibility index (Phi) is 9.19. The summed E-state index contributed by atoms with van der Waals surface area (Å²) in [5, 5.41) is 17.1. The van der Waals surface area contributed by atoms with Crippen molar-refractivity contribution >= 4 is 17.8 Å². The first-order valence-electron chi connectivity index (χ1n) is 13.4. The van der Waals surface area contributed by atoms with E-state index in [1.165, 1.54) is 0 Å². The Morgan fingerprint density at radius 3 is 2.35 bits per heavy atom. The maximum Gasteiger partial charge on any atom is 0.315 e. The van der Waals surface area contributed by atoms with Crippen LogP contribution in [0.1, 0.15) is 36.1 Å². The minimum atomic E-state index is -1.10. The van der Waals surface area contributed by atoms with Gasteiger partial charge in [0.25, 0.3) is 0 Å². The number of hydrogen-bond donors (Lipinski definition) is 5. The number of nitrogens with zero attached hydrogens (tertiary/aromatic N) is 1. The van der Waals surface area contributed by atoms with Crippen LogP contribution in [0.4, 0.5) is 4.79 Å². The molecule has 0 bridgehead atoms. The number of amides is 4. The van der Waals surface area contributed by atoms with Crippen molar-refractivity contribution in [2.75, 3.05) is 13.2 Å². The van der Waals surface area contributed by atoms with Crippen LogP contribution >= 0.6 is 0 Å². The second kappa shape index (κ2) is 12.8. The Morgan fingerprint density at radius 2 is 1.65 bits per heavy atom. The van der Waals surface area contributed by atoms with Crippen LogP contribution in [-0.2, 0) is 35.6 Å². The largest absolute Gasteiger partial charge is 0.395 e. The van der Waals surface area contributed by atoms with Crippen molar-refractivity contribution < 1.29 is 19.5 Å². The molecular weight excluding hydrogens is 506 g/mol. The van der Waals surface area contributed by atoms with E-state index in [0.717, 1.165) is 33.4 Å². The molecule has 0 unspecified atom stereocenters. The van der Waals surface area contributed by atoms with Gasteiger partial charge in [0.15, 0.2) is 0 Å². The third-order valence-electron chi connectivity index (χ3n) is 6.90. The minimum absolute atomic E-state index is 0.118. The van der Waals surface area contributed by atoms with Gasteiger partial charge in [0.2, 0.25) is 11.8 Å². The van der Waals surface area contributed by atoms with Crippen molar-refractivity contribution in [1.82, 2.24) is 20.9 Å². The fourth-order valence-electron chi connectivity index (χ4n) is 4.69. The van der Waals surface area contributed by atoms with Gasteiger partial charge in [-0.2, -0.15) is 0 Å². The van der Waals surface area contributed by atoms with Crippen molar-refractivity contribution in [2.45, 2.75) is 51.5 Å². The SMILES string of the molecule is CC(C)(N)C(=O)N[C@@H]1Cc2ccccc2CN(Cc2ccc(-c3ccccc3CNC(=O)NCCO)cc2)C1=O. The van der Waals surface area contributed by atoms with Crippen molar-refractivity contribution in [3.63, 3.8) is 0 Å². The molecule has 210 valence electrons. The zero-order valence-electron chi connectivity index (χ0n) is 22.9. The highest BCUT2D eigenvalue weighted by Crippen LogP contribution is 2.26. The van der Waals surface area contributed by atoms with Gasteiger partial charge in [-0.25, -0.2) is 4.79 Å². The van der Waals surface area contributed by atoms with E-state index < -0.39 is 11.6 Å². The maximum absolute atomic E-state index is 13.6. The van der Waals surface area contributed by atoms with E-state index in [4.69, 9.17) is 10.8 Å². The number of nitrogens with one attached hydrogen (secondary N) is 3. The lowest BCUT2D eigenvalue weighted by Gasteiger charge is -2.27. The Bertz CT molecular complexity index is 1350. The van der Waals surface area contributed by atoms with E-state index in [1.54, 1.807) is 18.7 Å². The van der Waals surface area contributed by atoms with Crippen molar-refractivity contribution in [2.24, 2.45) is 5.73 Å². The molecule has 3 aromatic carbocycles. The van der Waals surface area contributed by atoms with Gasteiger partial charge in [-0.3, -0.25) is 9.59 Å². The molecule has 0 aliphatic carbocycles. The van der Waals surface area contributed by atoms with Gasteiger partial charge >= 0.3 is 6.03 Å². The van der Waals surface area contributed by atoms with Crippen LogP contribution in [0.25, 0.3) is 11.1 Å². The molecule has 1 heterocycles. The molecular formula is C31H37N5O4. The number of hydrogen-bond acceptors (Lipinski definition) is 5. The maximum atomic E-state index is 13.6. The zero-order chi connectivity index (χ0) is 28.7. The summed E-state index contributed by atoms with van der Waals surface area (Å²) < 4.78 is 0. The van der Waals surface area contributed by atoms with E-state index in [0.29, 0.717) is 26.1 Å². The molecule has 0 saturated heterocycles. The summed E-state index contributed by atoms with van der Waals surface area (Å²) in [6, 6.07) is 22.7.